The number of amides is 2. The van der Waals surface area contributed by atoms with Gasteiger partial charge in [0, 0.05) is 19.1 Å². The summed E-state index contributed by atoms with van der Waals surface area (Å²) in [6, 6.07) is 5.15. The maximum absolute atomic E-state index is 12.8. The lowest BCUT2D eigenvalue weighted by atomic mass is 9.95. The number of nitrogens with zero attached hydrogens (tertiary/aromatic N) is 2. The summed E-state index contributed by atoms with van der Waals surface area (Å²) in [6.45, 7) is 4.02. The first-order valence-electron chi connectivity index (χ1n) is 9.31. The molecule has 3 rings (SSSR count). The van der Waals surface area contributed by atoms with Crippen LogP contribution in [0.2, 0.25) is 0 Å². The Bertz CT molecular complexity index is 813. The van der Waals surface area contributed by atoms with Gasteiger partial charge in [-0.15, -0.1) is 0 Å². The van der Waals surface area contributed by atoms with Gasteiger partial charge in [0.25, 0.3) is 11.8 Å². The van der Waals surface area contributed by atoms with E-state index in [0.29, 0.717) is 17.7 Å². The van der Waals surface area contributed by atoms with Crippen molar-refractivity contribution in [2.45, 2.75) is 52.0 Å². The molecular formula is C19H26N2O4S. The van der Waals surface area contributed by atoms with Crippen molar-refractivity contribution in [1.29, 1.82) is 0 Å². The number of fused-ring (bicyclic) bond motifs is 1. The number of hydrogen-bond donors (Lipinski definition) is 0. The Morgan fingerprint density at radius 1 is 1.08 bits per heavy atom. The van der Waals surface area contributed by atoms with Crippen LogP contribution in [0.5, 0.6) is 0 Å². The summed E-state index contributed by atoms with van der Waals surface area (Å²) >= 11 is 0. The Kier molecular flexibility index (Phi) is 5.48. The Labute approximate surface area is 155 Å². The smallest absolute Gasteiger partial charge is 0.261 e. The minimum atomic E-state index is -3.51. The number of hydrogen-bond acceptors (Lipinski definition) is 4. The number of carbonyl (C=O) groups is 2. The maximum Gasteiger partial charge on any atom is 0.261 e. The third-order valence-corrected chi connectivity index (χ3v) is 7.32. The molecule has 0 unspecified atom stereocenters. The van der Waals surface area contributed by atoms with Crippen LogP contribution in [0.4, 0.5) is 0 Å². The molecule has 2 amide bonds. The second kappa shape index (κ2) is 7.48. The highest BCUT2D eigenvalue weighted by atomic mass is 32.2. The fraction of sp³-hybridized carbons (Fsp3) is 0.579. The first-order chi connectivity index (χ1) is 12.3. The summed E-state index contributed by atoms with van der Waals surface area (Å²) in [5, 5.41) is 0. The summed E-state index contributed by atoms with van der Waals surface area (Å²) in [5.41, 5.74) is 1.62. The zero-order valence-electron chi connectivity index (χ0n) is 15.4. The quantitative estimate of drug-likeness (QED) is 0.713. The van der Waals surface area contributed by atoms with Gasteiger partial charge in [-0.2, -0.15) is 4.31 Å². The van der Waals surface area contributed by atoms with Crippen molar-refractivity contribution in [1.82, 2.24) is 9.21 Å². The summed E-state index contributed by atoms with van der Waals surface area (Å²) in [7, 11) is -3.51. The van der Waals surface area contributed by atoms with Crippen molar-refractivity contribution in [3.8, 4) is 0 Å². The van der Waals surface area contributed by atoms with Crippen LogP contribution >= 0.6 is 0 Å². The number of aryl methyl sites for hydroxylation is 1. The molecule has 0 bridgehead atoms. The second-order valence-corrected chi connectivity index (χ2v) is 9.16. The van der Waals surface area contributed by atoms with E-state index in [1.54, 1.807) is 22.5 Å². The van der Waals surface area contributed by atoms with Crippen LogP contribution in [0.15, 0.2) is 18.2 Å². The summed E-state index contributed by atoms with van der Waals surface area (Å²) in [6.07, 6.45) is 5.03. The fourth-order valence-electron chi connectivity index (χ4n) is 3.98. The molecule has 26 heavy (non-hydrogen) atoms. The number of imide groups is 1. The van der Waals surface area contributed by atoms with Crippen LogP contribution < -0.4 is 0 Å². The van der Waals surface area contributed by atoms with E-state index in [4.69, 9.17) is 0 Å². The van der Waals surface area contributed by atoms with E-state index >= 15 is 0 Å². The third kappa shape index (κ3) is 3.55. The van der Waals surface area contributed by atoms with E-state index in [1.807, 2.05) is 13.8 Å². The largest absolute Gasteiger partial charge is 0.273 e. The van der Waals surface area contributed by atoms with E-state index in [9.17, 15) is 18.0 Å². The molecule has 2 aliphatic rings. The van der Waals surface area contributed by atoms with Crippen LogP contribution in [0.25, 0.3) is 0 Å². The monoisotopic (exact) mass is 378 g/mol. The highest BCUT2D eigenvalue weighted by molar-refractivity contribution is 7.89. The van der Waals surface area contributed by atoms with Gasteiger partial charge in [0.15, 0.2) is 0 Å². The molecule has 1 aliphatic heterocycles. The Morgan fingerprint density at radius 2 is 1.73 bits per heavy atom. The Hall–Kier alpha value is -1.73. The van der Waals surface area contributed by atoms with Crippen LogP contribution in [0.1, 0.15) is 65.3 Å². The van der Waals surface area contributed by atoms with E-state index in [0.717, 1.165) is 42.6 Å². The van der Waals surface area contributed by atoms with Crippen molar-refractivity contribution in [3.05, 3.63) is 34.9 Å². The molecule has 0 N–H and O–H groups in total. The SMILES string of the molecule is CCN(C1CCCCC1)S(=O)(=O)CCN1C(=O)c2ccc(C)cc2C1=O. The Balaban J connectivity index is 1.71. The molecule has 1 aliphatic carbocycles. The molecule has 0 radical (unpaired) electrons. The molecule has 142 valence electrons. The van der Waals surface area contributed by atoms with Crippen molar-refractivity contribution in [2.24, 2.45) is 0 Å². The van der Waals surface area contributed by atoms with E-state index in [-0.39, 0.29) is 18.3 Å². The lowest BCUT2D eigenvalue weighted by molar-refractivity contribution is 0.0663. The highest BCUT2D eigenvalue weighted by Gasteiger charge is 2.37. The van der Waals surface area contributed by atoms with Crippen molar-refractivity contribution >= 4 is 21.8 Å². The van der Waals surface area contributed by atoms with Crippen molar-refractivity contribution < 1.29 is 18.0 Å². The van der Waals surface area contributed by atoms with Gasteiger partial charge in [0.05, 0.1) is 16.9 Å². The van der Waals surface area contributed by atoms with Crippen molar-refractivity contribution in [3.63, 3.8) is 0 Å². The van der Waals surface area contributed by atoms with Gasteiger partial charge < -0.3 is 0 Å². The fourth-order valence-corrected chi connectivity index (χ4v) is 5.69. The first kappa shape index (κ1) is 19.0. The second-order valence-electron chi connectivity index (χ2n) is 7.12. The van der Waals surface area contributed by atoms with Gasteiger partial charge in [-0.05, 0) is 31.9 Å². The normalized spacial score (nSPS) is 18.7. The third-order valence-electron chi connectivity index (χ3n) is 5.35. The molecule has 1 aromatic rings. The molecule has 1 aromatic carbocycles. The number of benzene rings is 1. The van der Waals surface area contributed by atoms with Crippen molar-refractivity contribution in [2.75, 3.05) is 18.8 Å². The lowest BCUT2D eigenvalue weighted by Crippen LogP contribution is -2.45. The molecule has 1 heterocycles. The first-order valence-corrected chi connectivity index (χ1v) is 10.9. The van der Waals surface area contributed by atoms with Gasteiger partial charge in [-0.1, -0.05) is 37.8 Å². The summed E-state index contributed by atoms with van der Waals surface area (Å²) < 4.78 is 27.2. The topological polar surface area (TPSA) is 74.8 Å². The number of rotatable bonds is 6. The lowest BCUT2D eigenvalue weighted by Gasteiger charge is -2.33. The molecule has 0 aromatic heterocycles. The minimum Gasteiger partial charge on any atom is -0.273 e. The number of sulfonamides is 1. The molecule has 1 saturated carbocycles. The summed E-state index contributed by atoms with van der Waals surface area (Å²) in [4.78, 5) is 26.1. The molecule has 7 heteroatoms. The standard InChI is InChI=1S/C19H26N2O4S/c1-3-21(15-7-5-4-6-8-15)26(24,25)12-11-20-18(22)16-10-9-14(2)13-17(16)19(20)23/h9-10,13,15H,3-8,11-12H2,1-2H3. The minimum absolute atomic E-state index is 0.0450. The molecule has 6 nitrogen and oxygen atoms in total. The Morgan fingerprint density at radius 3 is 2.38 bits per heavy atom. The van der Waals surface area contributed by atoms with Gasteiger partial charge in [0.2, 0.25) is 10.0 Å². The number of carbonyl (C=O) groups excluding carboxylic acids is 2. The van der Waals surface area contributed by atoms with Gasteiger partial charge in [-0.25, -0.2) is 8.42 Å². The molecular weight excluding hydrogens is 352 g/mol. The van der Waals surface area contributed by atoms with Crippen LogP contribution in [0, 0.1) is 6.92 Å². The molecule has 0 atom stereocenters. The molecule has 1 fully saturated rings. The predicted molar refractivity (Wildman–Crippen MR) is 99.6 cm³/mol. The average Bonchev–Trinajstić information content (AvgIpc) is 2.85. The molecule has 0 saturated heterocycles. The van der Waals surface area contributed by atoms with Crippen LogP contribution in [-0.2, 0) is 10.0 Å². The zero-order chi connectivity index (χ0) is 18.9. The van der Waals surface area contributed by atoms with E-state index in [1.165, 1.54) is 0 Å². The van der Waals surface area contributed by atoms with Crippen LogP contribution in [0.3, 0.4) is 0 Å². The van der Waals surface area contributed by atoms with E-state index in [2.05, 4.69) is 0 Å². The van der Waals surface area contributed by atoms with Gasteiger partial charge in [0.1, 0.15) is 0 Å². The van der Waals surface area contributed by atoms with Gasteiger partial charge >= 0.3 is 0 Å². The van der Waals surface area contributed by atoms with E-state index < -0.39 is 21.8 Å². The molecule has 0 spiro atoms. The maximum atomic E-state index is 12.8. The zero-order valence-corrected chi connectivity index (χ0v) is 16.2. The average molecular weight is 378 g/mol. The predicted octanol–water partition coefficient (Wildman–Crippen LogP) is 2.58. The van der Waals surface area contributed by atoms with Crippen LogP contribution in [-0.4, -0.2) is 54.3 Å². The highest BCUT2D eigenvalue weighted by Crippen LogP contribution is 2.26. The van der Waals surface area contributed by atoms with Gasteiger partial charge in [-0.3, -0.25) is 14.5 Å². The summed E-state index contributed by atoms with van der Waals surface area (Å²) in [5.74, 6) is -1.02.